The molecule has 20 heavy (non-hydrogen) atoms. The summed E-state index contributed by atoms with van der Waals surface area (Å²) in [5.74, 6) is 1.59. The number of methoxy groups -OCH3 is 2. The summed E-state index contributed by atoms with van der Waals surface area (Å²) in [4.78, 5) is 4.60. The molecule has 0 radical (unpaired) electrons. The van der Waals surface area contributed by atoms with Gasteiger partial charge in [0.15, 0.2) is 0 Å². The van der Waals surface area contributed by atoms with Crippen LogP contribution in [0, 0.1) is 0 Å². The van der Waals surface area contributed by atoms with Crippen LogP contribution < -0.4 is 9.47 Å². The molecule has 0 saturated heterocycles. The third kappa shape index (κ3) is 3.18. The van der Waals surface area contributed by atoms with Crippen LogP contribution in [-0.4, -0.2) is 20.4 Å². The Morgan fingerprint density at radius 3 is 2.05 bits per heavy atom. The maximum Gasteiger partial charge on any atom is 0.127 e. The van der Waals surface area contributed by atoms with E-state index in [1.165, 1.54) is 0 Å². The molecule has 0 fully saturated rings. The molecule has 3 nitrogen and oxygen atoms in total. The van der Waals surface area contributed by atoms with E-state index in [9.17, 15) is 0 Å². The van der Waals surface area contributed by atoms with Gasteiger partial charge in [-0.3, -0.25) is 4.99 Å². The molecule has 0 aliphatic heterocycles. The minimum absolute atomic E-state index is 0.0405. The molecule has 0 N–H and O–H groups in total. The average Bonchev–Trinajstić information content (AvgIpc) is 2.52. The summed E-state index contributed by atoms with van der Waals surface area (Å²) in [7, 11) is 3.32. The van der Waals surface area contributed by atoms with E-state index < -0.39 is 0 Å². The van der Waals surface area contributed by atoms with E-state index in [2.05, 4.69) is 4.99 Å². The fraction of sp³-hybridized carbons (Fsp3) is 0.235. The highest BCUT2D eigenvalue weighted by Gasteiger charge is 2.15. The lowest BCUT2D eigenvalue weighted by atomic mass is 10.1. The van der Waals surface area contributed by atoms with Crippen molar-refractivity contribution in [2.75, 3.05) is 14.2 Å². The molecule has 2 rings (SSSR count). The number of nitrogens with zero attached hydrogens (tertiary/aromatic N) is 1. The number of ether oxygens (including phenoxy) is 2. The summed E-state index contributed by atoms with van der Waals surface area (Å²) < 4.78 is 10.8. The van der Waals surface area contributed by atoms with Crippen LogP contribution in [0.4, 0.5) is 0 Å². The van der Waals surface area contributed by atoms with Gasteiger partial charge in [0, 0.05) is 6.21 Å². The van der Waals surface area contributed by atoms with Crippen molar-refractivity contribution in [2.24, 2.45) is 4.99 Å². The van der Waals surface area contributed by atoms with Gasteiger partial charge < -0.3 is 9.47 Å². The molecule has 0 unspecified atom stereocenters. The SMILES string of the molecule is COc1cccc(OC)c1[C@@H](C)N=Cc1ccccc1. The molecular formula is C17H19NO2. The Hall–Kier alpha value is -2.29. The Balaban J connectivity index is 2.29. The highest BCUT2D eigenvalue weighted by molar-refractivity contribution is 5.79. The molecule has 3 heteroatoms. The summed E-state index contributed by atoms with van der Waals surface area (Å²) in [6, 6.07) is 15.7. The minimum Gasteiger partial charge on any atom is -0.496 e. The summed E-state index contributed by atoms with van der Waals surface area (Å²) in [5.41, 5.74) is 2.04. The second kappa shape index (κ2) is 6.75. The van der Waals surface area contributed by atoms with Crippen LogP contribution in [0.25, 0.3) is 0 Å². The fourth-order valence-corrected chi connectivity index (χ4v) is 2.10. The molecule has 0 heterocycles. The number of hydrogen-bond acceptors (Lipinski definition) is 3. The van der Waals surface area contributed by atoms with Crippen LogP contribution in [0.1, 0.15) is 24.1 Å². The number of rotatable bonds is 5. The number of benzene rings is 2. The lowest BCUT2D eigenvalue weighted by molar-refractivity contribution is 0.381. The smallest absolute Gasteiger partial charge is 0.127 e. The molecule has 1 atom stereocenters. The average molecular weight is 269 g/mol. The van der Waals surface area contributed by atoms with E-state index in [0.29, 0.717) is 0 Å². The van der Waals surface area contributed by atoms with Crippen LogP contribution in [-0.2, 0) is 0 Å². The second-order valence-corrected chi connectivity index (χ2v) is 4.44. The largest absolute Gasteiger partial charge is 0.496 e. The van der Waals surface area contributed by atoms with Gasteiger partial charge >= 0.3 is 0 Å². The van der Waals surface area contributed by atoms with Crippen LogP contribution in [0.15, 0.2) is 53.5 Å². The predicted molar refractivity (Wildman–Crippen MR) is 82.0 cm³/mol. The van der Waals surface area contributed by atoms with Crippen molar-refractivity contribution in [2.45, 2.75) is 13.0 Å². The number of aliphatic imine (C=N–C) groups is 1. The topological polar surface area (TPSA) is 30.8 Å². The summed E-state index contributed by atoms with van der Waals surface area (Å²) in [5, 5.41) is 0. The van der Waals surface area contributed by atoms with Gasteiger partial charge in [-0.15, -0.1) is 0 Å². The molecule has 0 spiro atoms. The lowest BCUT2D eigenvalue weighted by Crippen LogP contribution is -2.00. The highest BCUT2D eigenvalue weighted by atomic mass is 16.5. The normalized spacial score (nSPS) is 12.3. The third-order valence-corrected chi connectivity index (χ3v) is 3.13. The molecule has 2 aromatic rings. The van der Waals surface area contributed by atoms with Crippen LogP contribution in [0.5, 0.6) is 11.5 Å². The van der Waals surface area contributed by atoms with Crippen LogP contribution in [0.3, 0.4) is 0 Å². The van der Waals surface area contributed by atoms with Gasteiger partial charge in [-0.1, -0.05) is 36.4 Å². The zero-order valence-electron chi connectivity index (χ0n) is 12.0. The molecule has 0 aliphatic carbocycles. The Morgan fingerprint density at radius 2 is 1.50 bits per heavy atom. The van der Waals surface area contributed by atoms with Crippen LogP contribution in [0.2, 0.25) is 0 Å². The van der Waals surface area contributed by atoms with Crippen LogP contribution >= 0.6 is 0 Å². The van der Waals surface area contributed by atoms with Gasteiger partial charge in [0.05, 0.1) is 25.8 Å². The van der Waals surface area contributed by atoms with E-state index in [1.54, 1.807) is 14.2 Å². The Bertz CT molecular complexity index is 557. The molecule has 0 saturated carbocycles. The van der Waals surface area contributed by atoms with Crippen molar-refractivity contribution in [3.05, 3.63) is 59.7 Å². The van der Waals surface area contributed by atoms with E-state index in [-0.39, 0.29) is 6.04 Å². The van der Waals surface area contributed by atoms with Gasteiger partial charge in [0.2, 0.25) is 0 Å². The molecule has 0 aliphatic rings. The zero-order valence-corrected chi connectivity index (χ0v) is 12.0. The van der Waals surface area contributed by atoms with Crippen molar-refractivity contribution in [3.8, 4) is 11.5 Å². The predicted octanol–water partition coefficient (Wildman–Crippen LogP) is 3.88. The Kier molecular flexibility index (Phi) is 4.77. The van der Waals surface area contributed by atoms with Gasteiger partial charge in [-0.05, 0) is 24.6 Å². The van der Waals surface area contributed by atoms with Gasteiger partial charge in [0.25, 0.3) is 0 Å². The standard InChI is InChI=1S/C17H19NO2/c1-13(18-12-14-8-5-4-6-9-14)17-15(19-2)10-7-11-16(17)20-3/h4-13H,1-3H3/t13-/m1/s1. The molecular weight excluding hydrogens is 250 g/mol. The van der Waals surface area contributed by atoms with Crippen molar-refractivity contribution in [1.29, 1.82) is 0 Å². The zero-order chi connectivity index (χ0) is 14.4. The van der Waals surface area contributed by atoms with Gasteiger partial charge in [-0.25, -0.2) is 0 Å². The molecule has 2 aromatic carbocycles. The van der Waals surface area contributed by atoms with Gasteiger partial charge in [0.1, 0.15) is 11.5 Å². The molecule has 0 bridgehead atoms. The van der Waals surface area contributed by atoms with Gasteiger partial charge in [-0.2, -0.15) is 0 Å². The first kappa shape index (κ1) is 14.1. The van der Waals surface area contributed by atoms with Crippen molar-refractivity contribution in [1.82, 2.24) is 0 Å². The van der Waals surface area contributed by atoms with E-state index in [4.69, 9.17) is 9.47 Å². The summed E-state index contributed by atoms with van der Waals surface area (Å²) in [6.07, 6.45) is 1.87. The molecule has 0 amide bonds. The van der Waals surface area contributed by atoms with Crippen molar-refractivity contribution in [3.63, 3.8) is 0 Å². The maximum atomic E-state index is 5.41. The fourth-order valence-electron chi connectivity index (χ4n) is 2.10. The van der Waals surface area contributed by atoms with E-state index in [0.717, 1.165) is 22.6 Å². The van der Waals surface area contributed by atoms with E-state index >= 15 is 0 Å². The number of hydrogen-bond donors (Lipinski definition) is 0. The summed E-state index contributed by atoms with van der Waals surface area (Å²) >= 11 is 0. The Labute approximate surface area is 119 Å². The maximum absolute atomic E-state index is 5.41. The second-order valence-electron chi connectivity index (χ2n) is 4.44. The third-order valence-electron chi connectivity index (χ3n) is 3.13. The first-order valence-corrected chi connectivity index (χ1v) is 6.55. The summed E-state index contributed by atoms with van der Waals surface area (Å²) in [6.45, 7) is 2.03. The molecule has 0 aromatic heterocycles. The molecule has 104 valence electrons. The first-order chi connectivity index (χ1) is 9.76. The Morgan fingerprint density at radius 1 is 0.900 bits per heavy atom. The monoisotopic (exact) mass is 269 g/mol. The van der Waals surface area contributed by atoms with Crippen molar-refractivity contribution >= 4 is 6.21 Å². The lowest BCUT2D eigenvalue weighted by Gasteiger charge is -2.15. The minimum atomic E-state index is -0.0405. The first-order valence-electron chi connectivity index (χ1n) is 6.55. The quantitative estimate of drug-likeness (QED) is 0.771. The van der Waals surface area contributed by atoms with E-state index in [1.807, 2.05) is 61.7 Å². The highest BCUT2D eigenvalue weighted by Crippen LogP contribution is 2.35. The van der Waals surface area contributed by atoms with Crippen molar-refractivity contribution < 1.29 is 9.47 Å².